The summed E-state index contributed by atoms with van der Waals surface area (Å²) < 4.78 is 0. The van der Waals surface area contributed by atoms with E-state index in [4.69, 9.17) is 0 Å². The van der Waals surface area contributed by atoms with Gasteiger partial charge in [-0.25, -0.2) is 0 Å². The number of hydrogen-bond acceptors (Lipinski definition) is 1. The fraction of sp³-hybridized carbons (Fsp3) is 0.909. The predicted molar refractivity (Wildman–Crippen MR) is 50.0 cm³/mol. The van der Waals surface area contributed by atoms with E-state index in [1.165, 1.54) is 25.7 Å². The van der Waals surface area contributed by atoms with Crippen molar-refractivity contribution in [2.45, 2.75) is 38.6 Å². The largest absolute Gasteiger partial charge is 0.353 e. The first-order chi connectivity index (χ1) is 6.29. The molecule has 0 aromatic rings. The zero-order chi connectivity index (χ0) is 9.00. The summed E-state index contributed by atoms with van der Waals surface area (Å²) in [5, 5.41) is 3.20. The van der Waals surface area contributed by atoms with Crippen LogP contribution in [-0.2, 0) is 4.79 Å². The second-order valence-electron chi connectivity index (χ2n) is 5.03. The highest BCUT2D eigenvalue weighted by molar-refractivity contribution is 5.83. The Labute approximate surface area is 79.1 Å². The Hall–Kier alpha value is -0.530. The van der Waals surface area contributed by atoms with E-state index in [0.717, 1.165) is 11.8 Å². The molecule has 3 rings (SSSR count). The molecule has 1 saturated heterocycles. The summed E-state index contributed by atoms with van der Waals surface area (Å²) >= 11 is 0. The van der Waals surface area contributed by atoms with Gasteiger partial charge in [-0.05, 0) is 30.6 Å². The van der Waals surface area contributed by atoms with Crippen LogP contribution in [0.2, 0.25) is 0 Å². The van der Waals surface area contributed by atoms with Crippen molar-refractivity contribution in [2.24, 2.45) is 23.7 Å². The van der Waals surface area contributed by atoms with Crippen LogP contribution < -0.4 is 5.32 Å². The van der Waals surface area contributed by atoms with E-state index in [-0.39, 0.29) is 0 Å². The van der Waals surface area contributed by atoms with Gasteiger partial charge in [0.1, 0.15) is 0 Å². The van der Waals surface area contributed by atoms with Crippen LogP contribution in [0.3, 0.4) is 0 Å². The number of nitrogens with one attached hydrogen (secondary N) is 1. The van der Waals surface area contributed by atoms with E-state index in [9.17, 15) is 4.79 Å². The van der Waals surface area contributed by atoms with Gasteiger partial charge in [0.2, 0.25) is 5.91 Å². The van der Waals surface area contributed by atoms with E-state index in [1.54, 1.807) is 0 Å². The summed E-state index contributed by atoms with van der Waals surface area (Å²) in [5.41, 5.74) is 0. The molecule has 0 aromatic heterocycles. The van der Waals surface area contributed by atoms with Crippen molar-refractivity contribution in [1.29, 1.82) is 0 Å². The van der Waals surface area contributed by atoms with Gasteiger partial charge in [-0.1, -0.05) is 19.8 Å². The lowest BCUT2D eigenvalue weighted by Gasteiger charge is -2.35. The molecule has 13 heavy (non-hydrogen) atoms. The molecular weight excluding hydrogens is 162 g/mol. The van der Waals surface area contributed by atoms with Crippen LogP contribution in [0.25, 0.3) is 0 Å². The maximum absolute atomic E-state index is 11.6. The molecule has 5 unspecified atom stereocenters. The Bertz CT molecular complexity index is 248. The minimum Gasteiger partial charge on any atom is -0.353 e. The number of piperidine rings is 1. The normalized spacial score (nSPS) is 53.3. The van der Waals surface area contributed by atoms with Gasteiger partial charge in [-0.15, -0.1) is 0 Å². The van der Waals surface area contributed by atoms with Gasteiger partial charge in [-0.3, -0.25) is 4.79 Å². The molecule has 0 radical (unpaired) electrons. The molecule has 5 atom stereocenters. The summed E-state index contributed by atoms with van der Waals surface area (Å²) in [5.74, 6) is 2.98. The summed E-state index contributed by atoms with van der Waals surface area (Å²) in [6, 6.07) is 0.535. The van der Waals surface area contributed by atoms with Gasteiger partial charge in [0, 0.05) is 12.0 Å². The lowest BCUT2D eigenvalue weighted by atomic mass is 9.78. The lowest BCUT2D eigenvalue weighted by Crippen LogP contribution is -2.47. The molecule has 1 N–H and O–H groups in total. The minimum atomic E-state index is 0.348. The summed E-state index contributed by atoms with van der Waals surface area (Å²) in [6.07, 6.45) is 5.28. The molecule has 3 aliphatic rings. The van der Waals surface area contributed by atoms with Crippen LogP contribution in [0.1, 0.15) is 32.6 Å². The number of fused-ring (bicyclic) bond motifs is 3. The van der Waals surface area contributed by atoms with Crippen molar-refractivity contribution in [1.82, 2.24) is 5.32 Å². The average Bonchev–Trinajstić information content (AvgIpc) is 2.79. The van der Waals surface area contributed by atoms with Gasteiger partial charge < -0.3 is 5.32 Å². The van der Waals surface area contributed by atoms with E-state index < -0.39 is 0 Å². The number of carbonyl (C=O) groups is 1. The van der Waals surface area contributed by atoms with Crippen molar-refractivity contribution in [3.8, 4) is 0 Å². The molecular formula is C11H17NO. The van der Waals surface area contributed by atoms with Crippen LogP contribution in [0, 0.1) is 23.7 Å². The molecule has 2 saturated carbocycles. The number of carbonyl (C=O) groups excluding carboxylic acids is 1. The second kappa shape index (κ2) is 2.49. The number of rotatable bonds is 0. The maximum Gasteiger partial charge on any atom is 0.223 e. The van der Waals surface area contributed by atoms with Crippen LogP contribution in [-0.4, -0.2) is 11.9 Å². The standard InChI is InChI=1S/C11H17NO/c1-6-9-7-4-2-3-5-8(7)12-11(13)10(6)9/h6-10H,2-5H2,1H3,(H,12,13). The van der Waals surface area contributed by atoms with Gasteiger partial charge in [0.05, 0.1) is 0 Å². The maximum atomic E-state index is 11.6. The van der Waals surface area contributed by atoms with E-state index in [2.05, 4.69) is 12.2 Å². The van der Waals surface area contributed by atoms with Crippen molar-refractivity contribution in [2.75, 3.05) is 0 Å². The average molecular weight is 179 g/mol. The number of hydrogen-bond donors (Lipinski definition) is 1. The molecule has 2 nitrogen and oxygen atoms in total. The van der Waals surface area contributed by atoms with Crippen LogP contribution >= 0.6 is 0 Å². The highest BCUT2D eigenvalue weighted by Crippen LogP contribution is 2.56. The number of amides is 1. The molecule has 1 aliphatic heterocycles. The molecule has 2 heteroatoms. The zero-order valence-electron chi connectivity index (χ0n) is 8.12. The van der Waals surface area contributed by atoms with Crippen molar-refractivity contribution in [3.05, 3.63) is 0 Å². The van der Waals surface area contributed by atoms with Crippen molar-refractivity contribution in [3.63, 3.8) is 0 Å². The molecule has 0 aromatic carbocycles. The van der Waals surface area contributed by atoms with E-state index in [1.807, 2.05) is 0 Å². The molecule has 72 valence electrons. The molecule has 0 bridgehead atoms. The SMILES string of the molecule is CC1C2C(=O)NC3CCCCC3C12. The quantitative estimate of drug-likeness (QED) is 0.600. The summed E-state index contributed by atoms with van der Waals surface area (Å²) in [6.45, 7) is 2.24. The first-order valence-electron chi connectivity index (χ1n) is 5.59. The third-order valence-electron chi connectivity index (χ3n) is 4.39. The summed E-state index contributed by atoms with van der Waals surface area (Å²) in [7, 11) is 0. The van der Waals surface area contributed by atoms with Crippen molar-refractivity contribution >= 4 is 5.91 Å². The third kappa shape index (κ3) is 0.976. The fourth-order valence-corrected chi connectivity index (χ4v) is 3.64. The Morgan fingerprint density at radius 3 is 2.92 bits per heavy atom. The van der Waals surface area contributed by atoms with E-state index in [0.29, 0.717) is 23.8 Å². The molecule has 0 spiro atoms. The summed E-state index contributed by atoms with van der Waals surface area (Å²) in [4.78, 5) is 11.6. The van der Waals surface area contributed by atoms with Gasteiger partial charge in [-0.2, -0.15) is 0 Å². The first-order valence-corrected chi connectivity index (χ1v) is 5.59. The highest BCUT2D eigenvalue weighted by Gasteiger charge is 2.60. The Kier molecular flexibility index (Phi) is 1.50. The molecule has 1 amide bonds. The van der Waals surface area contributed by atoms with Crippen molar-refractivity contribution < 1.29 is 4.79 Å². The second-order valence-corrected chi connectivity index (χ2v) is 5.03. The molecule has 3 fully saturated rings. The smallest absolute Gasteiger partial charge is 0.223 e. The van der Waals surface area contributed by atoms with Crippen LogP contribution in [0.15, 0.2) is 0 Å². The Morgan fingerprint density at radius 1 is 1.31 bits per heavy atom. The van der Waals surface area contributed by atoms with Gasteiger partial charge in [0.25, 0.3) is 0 Å². The van der Waals surface area contributed by atoms with Crippen LogP contribution in [0.4, 0.5) is 0 Å². The Balaban J connectivity index is 1.83. The minimum absolute atomic E-state index is 0.348. The van der Waals surface area contributed by atoms with Crippen LogP contribution in [0.5, 0.6) is 0 Å². The monoisotopic (exact) mass is 179 g/mol. The first kappa shape index (κ1) is 7.84. The van der Waals surface area contributed by atoms with Gasteiger partial charge in [0.15, 0.2) is 0 Å². The predicted octanol–water partition coefficient (Wildman–Crippen LogP) is 1.56. The zero-order valence-corrected chi connectivity index (χ0v) is 8.12. The topological polar surface area (TPSA) is 29.1 Å². The van der Waals surface area contributed by atoms with Gasteiger partial charge >= 0.3 is 0 Å². The Morgan fingerprint density at radius 2 is 2.08 bits per heavy atom. The third-order valence-corrected chi connectivity index (χ3v) is 4.39. The van der Waals surface area contributed by atoms with E-state index >= 15 is 0 Å². The molecule has 2 aliphatic carbocycles. The highest BCUT2D eigenvalue weighted by atomic mass is 16.2. The fourth-order valence-electron chi connectivity index (χ4n) is 3.64. The molecule has 1 heterocycles. The lowest BCUT2D eigenvalue weighted by molar-refractivity contribution is -0.126.